The predicted octanol–water partition coefficient (Wildman–Crippen LogP) is 4.85. The van der Waals surface area contributed by atoms with E-state index in [1.54, 1.807) is 22.7 Å². The molecule has 6 heteroatoms. The highest BCUT2D eigenvalue weighted by atomic mass is 127. The van der Waals surface area contributed by atoms with E-state index in [9.17, 15) is 0 Å². The fourth-order valence-corrected chi connectivity index (χ4v) is 3.54. The third kappa shape index (κ3) is 5.89. The van der Waals surface area contributed by atoms with Gasteiger partial charge in [-0.25, -0.2) is 0 Å². The monoisotopic (exact) mass is 449 g/mol. The minimum Gasteiger partial charge on any atom is -0.357 e. The highest BCUT2D eigenvalue weighted by molar-refractivity contribution is 14.0. The van der Waals surface area contributed by atoms with E-state index >= 15 is 0 Å². The van der Waals surface area contributed by atoms with E-state index in [-0.39, 0.29) is 30.0 Å². The van der Waals surface area contributed by atoms with E-state index in [1.165, 1.54) is 9.75 Å². The Morgan fingerprint density at radius 1 is 1.14 bits per heavy atom. The molecule has 0 aromatic carbocycles. The van der Waals surface area contributed by atoms with Crippen LogP contribution in [0.15, 0.2) is 40.0 Å². The molecule has 0 spiro atoms. The standard InChI is InChI=1S/C16H23N3S2.HI/c1-4-17-16(19-13(3)15-8-6-10-21-15)18-11-12(2)14-7-5-9-20-14;/h5-10,12-13H,4,11H2,1-3H3,(H2,17,18,19);1H. The summed E-state index contributed by atoms with van der Waals surface area (Å²) in [6.45, 7) is 8.15. The molecule has 0 saturated heterocycles. The number of nitrogens with zero attached hydrogens (tertiary/aromatic N) is 1. The van der Waals surface area contributed by atoms with Crippen molar-refractivity contribution < 1.29 is 0 Å². The van der Waals surface area contributed by atoms with Crippen LogP contribution in [0.25, 0.3) is 0 Å². The highest BCUT2D eigenvalue weighted by Gasteiger charge is 2.10. The van der Waals surface area contributed by atoms with Crippen molar-refractivity contribution in [1.29, 1.82) is 0 Å². The van der Waals surface area contributed by atoms with Crippen LogP contribution < -0.4 is 10.6 Å². The van der Waals surface area contributed by atoms with E-state index in [0.717, 1.165) is 19.0 Å². The lowest BCUT2D eigenvalue weighted by molar-refractivity contribution is 0.689. The molecule has 0 aliphatic heterocycles. The van der Waals surface area contributed by atoms with Crippen molar-refractivity contribution in [3.63, 3.8) is 0 Å². The van der Waals surface area contributed by atoms with E-state index < -0.39 is 0 Å². The Morgan fingerprint density at radius 2 is 1.77 bits per heavy atom. The number of nitrogens with one attached hydrogen (secondary N) is 2. The third-order valence-corrected chi connectivity index (χ3v) is 5.38. The van der Waals surface area contributed by atoms with Crippen LogP contribution in [0.5, 0.6) is 0 Å². The van der Waals surface area contributed by atoms with Crippen molar-refractivity contribution in [2.24, 2.45) is 4.99 Å². The van der Waals surface area contributed by atoms with Crippen LogP contribution in [-0.4, -0.2) is 19.0 Å². The van der Waals surface area contributed by atoms with Crippen LogP contribution >= 0.6 is 46.7 Å². The minimum atomic E-state index is 0. The third-order valence-electron chi connectivity index (χ3n) is 3.22. The lowest BCUT2D eigenvalue weighted by Gasteiger charge is -2.17. The molecule has 2 aromatic heterocycles. The Bertz CT molecular complexity index is 538. The number of aliphatic imine (C=N–C) groups is 1. The lowest BCUT2D eigenvalue weighted by Crippen LogP contribution is -2.38. The van der Waals surface area contributed by atoms with Gasteiger partial charge in [0, 0.05) is 22.2 Å². The maximum absolute atomic E-state index is 4.72. The van der Waals surface area contributed by atoms with E-state index in [1.807, 2.05) is 0 Å². The summed E-state index contributed by atoms with van der Waals surface area (Å²) in [6.07, 6.45) is 0. The number of guanidine groups is 1. The Morgan fingerprint density at radius 3 is 2.32 bits per heavy atom. The van der Waals surface area contributed by atoms with Crippen molar-refractivity contribution in [3.8, 4) is 0 Å². The van der Waals surface area contributed by atoms with Gasteiger partial charge in [0.05, 0.1) is 12.6 Å². The van der Waals surface area contributed by atoms with Crippen LogP contribution in [0.4, 0.5) is 0 Å². The molecule has 0 aliphatic rings. The Kier molecular flexibility index (Phi) is 9.04. The summed E-state index contributed by atoms with van der Waals surface area (Å²) in [5.41, 5.74) is 0. The van der Waals surface area contributed by atoms with Crippen molar-refractivity contribution in [2.45, 2.75) is 32.7 Å². The molecule has 0 saturated carbocycles. The minimum absolute atomic E-state index is 0. The molecule has 2 aromatic rings. The van der Waals surface area contributed by atoms with Gasteiger partial charge in [0.2, 0.25) is 0 Å². The van der Waals surface area contributed by atoms with Gasteiger partial charge in [0.15, 0.2) is 5.96 Å². The number of hydrogen-bond acceptors (Lipinski definition) is 3. The zero-order valence-electron chi connectivity index (χ0n) is 13.2. The van der Waals surface area contributed by atoms with Crippen molar-refractivity contribution in [1.82, 2.24) is 10.6 Å². The van der Waals surface area contributed by atoms with Gasteiger partial charge in [-0.15, -0.1) is 46.7 Å². The average Bonchev–Trinajstić information content (AvgIpc) is 3.16. The summed E-state index contributed by atoms with van der Waals surface area (Å²) in [7, 11) is 0. The summed E-state index contributed by atoms with van der Waals surface area (Å²) in [5.74, 6) is 1.35. The van der Waals surface area contributed by atoms with Crippen LogP contribution in [0.1, 0.15) is 42.5 Å². The first-order valence-electron chi connectivity index (χ1n) is 7.32. The predicted molar refractivity (Wildman–Crippen MR) is 110 cm³/mol. The van der Waals surface area contributed by atoms with Crippen molar-refractivity contribution in [2.75, 3.05) is 13.1 Å². The molecule has 2 unspecified atom stereocenters. The molecule has 122 valence electrons. The summed E-state index contributed by atoms with van der Waals surface area (Å²) in [4.78, 5) is 7.44. The van der Waals surface area contributed by atoms with Crippen LogP contribution in [0.2, 0.25) is 0 Å². The number of halogens is 1. The second-order valence-corrected chi connectivity index (χ2v) is 6.98. The van der Waals surface area contributed by atoms with Gasteiger partial charge in [-0.3, -0.25) is 4.99 Å². The summed E-state index contributed by atoms with van der Waals surface area (Å²) in [6, 6.07) is 8.79. The van der Waals surface area contributed by atoms with E-state index in [4.69, 9.17) is 4.99 Å². The molecule has 3 nitrogen and oxygen atoms in total. The maximum Gasteiger partial charge on any atom is 0.191 e. The molecule has 0 fully saturated rings. The number of thiophene rings is 2. The summed E-state index contributed by atoms with van der Waals surface area (Å²) >= 11 is 3.57. The Hall–Kier alpha value is -0.600. The molecule has 2 rings (SSSR count). The first-order valence-corrected chi connectivity index (χ1v) is 9.08. The van der Waals surface area contributed by atoms with Gasteiger partial charge < -0.3 is 10.6 Å². The largest absolute Gasteiger partial charge is 0.357 e. The fraction of sp³-hybridized carbons (Fsp3) is 0.438. The zero-order chi connectivity index (χ0) is 15.1. The molecular weight excluding hydrogens is 425 g/mol. The summed E-state index contributed by atoms with van der Waals surface area (Å²) < 4.78 is 0. The highest BCUT2D eigenvalue weighted by Crippen LogP contribution is 2.21. The molecule has 0 radical (unpaired) electrons. The van der Waals surface area contributed by atoms with Crippen LogP contribution in [0, 0.1) is 0 Å². The summed E-state index contributed by atoms with van der Waals surface area (Å²) in [5, 5.41) is 11.0. The Balaban J connectivity index is 0.00000242. The van der Waals surface area contributed by atoms with Gasteiger partial charge in [-0.2, -0.15) is 0 Å². The molecule has 0 aliphatic carbocycles. The van der Waals surface area contributed by atoms with Gasteiger partial charge >= 0.3 is 0 Å². The molecule has 0 bridgehead atoms. The average molecular weight is 449 g/mol. The van der Waals surface area contributed by atoms with E-state index in [2.05, 4.69) is 66.4 Å². The SMILES string of the molecule is CCNC(=NCC(C)c1cccs1)NC(C)c1cccs1.I. The van der Waals surface area contributed by atoms with Gasteiger partial charge in [-0.05, 0) is 36.7 Å². The second kappa shape index (κ2) is 10.2. The first kappa shape index (κ1) is 19.4. The molecule has 0 amide bonds. The zero-order valence-corrected chi connectivity index (χ0v) is 17.2. The quantitative estimate of drug-likeness (QED) is 0.376. The maximum atomic E-state index is 4.72. The van der Waals surface area contributed by atoms with Crippen molar-refractivity contribution in [3.05, 3.63) is 44.8 Å². The van der Waals surface area contributed by atoms with Crippen molar-refractivity contribution >= 4 is 52.6 Å². The molecule has 2 heterocycles. The van der Waals surface area contributed by atoms with E-state index in [0.29, 0.717) is 5.92 Å². The molecule has 22 heavy (non-hydrogen) atoms. The Labute approximate surface area is 158 Å². The fourth-order valence-electron chi connectivity index (χ4n) is 2.02. The van der Waals surface area contributed by atoms with Crippen LogP contribution in [-0.2, 0) is 0 Å². The van der Waals surface area contributed by atoms with Crippen LogP contribution in [0.3, 0.4) is 0 Å². The molecule has 2 N–H and O–H groups in total. The second-order valence-electron chi connectivity index (χ2n) is 5.02. The molecule has 2 atom stereocenters. The normalized spacial score (nSPS) is 14.0. The lowest BCUT2D eigenvalue weighted by atomic mass is 10.1. The molecular formula is C16H24IN3S2. The van der Waals surface area contributed by atoms with Gasteiger partial charge in [-0.1, -0.05) is 19.1 Å². The number of rotatable bonds is 6. The first-order chi connectivity index (χ1) is 10.2. The smallest absolute Gasteiger partial charge is 0.191 e. The van der Waals surface area contributed by atoms with Gasteiger partial charge in [0.1, 0.15) is 0 Å². The topological polar surface area (TPSA) is 36.4 Å². The van der Waals surface area contributed by atoms with Gasteiger partial charge in [0.25, 0.3) is 0 Å². The number of hydrogen-bond donors (Lipinski definition) is 2.